The average Bonchev–Trinajstić information content (AvgIpc) is 2.44. The lowest BCUT2D eigenvalue weighted by Gasteiger charge is -2.11. The molecular weight excluding hydrogens is 293 g/mol. The van der Waals surface area contributed by atoms with Crippen LogP contribution in [-0.4, -0.2) is 19.9 Å². The monoisotopic (exact) mass is 309 g/mol. The molecule has 1 aromatic heterocycles. The van der Waals surface area contributed by atoms with Crippen LogP contribution in [-0.2, 0) is 10.0 Å². The van der Waals surface area contributed by atoms with E-state index >= 15 is 0 Å². The lowest BCUT2D eigenvalue weighted by atomic mass is 10.2. The molecule has 0 spiro atoms. The maximum atomic E-state index is 13.7. The Morgan fingerprint density at radius 2 is 2.00 bits per heavy atom. The fourth-order valence-corrected chi connectivity index (χ4v) is 2.86. The molecule has 2 N–H and O–H groups in total. The van der Waals surface area contributed by atoms with Gasteiger partial charge in [-0.3, -0.25) is 4.72 Å². The molecule has 0 atom stereocenters. The minimum atomic E-state index is -3.87. The SMILES string of the molecule is CCNc1ccc(S(=O)(=O)Nc2c(C)cccc2F)cn1. The third-order valence-corrected chi connectivity index (χ3v) is 4.20. The van der Waals surface area contributed by atoms with Gasteiger partial charge in [-0.15, -0.1) is 0 Å². The van der Waals surface area contributed by atoms with Crippen LogP contribution in [0.25, 0.3) is 0 Å². The molecule has 0 unspecified atom stereocenters. The van der Waals surface area contributed by atoms with Crippen molar-refractivity contribution in [2.75, 3.05) is 16.6 Å². The fourth-order valence-electron chi connectivity index (χ4n) is 1.78. The Bertz CT molecular complexity index is 710. The second-order valence-electron chi connectivity index (χ2n) is 4.45. The van der Waals surface area contributed by atoms with E-state index in [9.17, 15) is 12.8 Å². The van der Waals surface area contributed by atoms with Crippen LogP contribution in [0.3, 0.4) is 0 Å². The summed E-state index contributed by atoms with van der Waals surface area (Å²) in [6.07, 6.45) is 1.23. The molecule has 1 aromatic carbocycles. The first kappa shape index (κ1) is 15.2. The zero-order chi connectivity index (χ0) is 15.5. The largest absolute Gasteiger partial charge is 0.370 e. The Kier molecular flexibility index (Phi) is 4.42. The molecule has 0 amide bonds. The maximum absolute atomic E-state index is 13.7. The summed E-state index contributed by atoms with van der Waals surface area (Å²) in [5.41, 5.74) is 0.462. The van der Waals surface area contributed by atoms with Gasteiger partial charge in [-0.2, -0.15) is 0 Å². The molecule has 0 saturated carbocycles. The molecule has 1 heterocycles. The summed E-state index contributed by atoms with van der Waals surface area (Å²) in [6.45, 7) is 4.23. The van der Waals surface area contributed by atoms with Crippen molar-refractivity contribution in [3.05, 3.63) is 47.9 Å². The summed E-state index contributed by atoms with van der Waals surface area (Å²) in [7, 11) is -3.87. The quantitative estimate of drug-likeness (QED) is 0.891. The second kappa shape index (κ2) is 6.09. The summed E-state index contributed by atoms with van der Waals surface area (Å²) in [6, 6.07) is 7.34. The van der Waals surface area contributed by atoms with E-state index in [-0.39, 0.29) is 10.6 Å². The summed E-state index contributed by atoms with van der Waals surface area (Å²) >= 11 is 0. The fraction of sp³-hybridized carbons (Fsp3) is 0.214. The number of rotatable bonds is 5. The van der Waals surface area contributed by atoms with Gasteiger partial charge in [-0.1, -0.05) is 12.1 Å². The lowest BCUT2D eigenvalue weighted by molar-refractivity contribution is 0.598. The molecule has 2 rings (SSSR count). The Balaban J connectivity index is 2.30. The van der Waals surface area contributed by atoms with Gasteiger partial charge in [-0.25, -0.2) is 17.8 Å². The third kappa shape index (κ3) is 3.49. The van der Waals surface area contributed by atoms with Crippen LogP contribution in [0.2, 0.25) is 0 Å². The van der Waals surface area contributed by atoms with Gasteiger partial charge in [-0.05, 0) is 37.6 Å². The Morgan fingerprint density at radius 3 is 2.57 bits per heavy atom. The van der Waals surface area contributed by atoms with E-state index in [2.05, 4.69) is 15.0 Å². The molecule has 0 bridgehead atoms. The number of anilines is 2. The Morgan fingerprint density at radius 1 is 1.24 bits per heavy atom. The zero-order valence-corrected chi connectivity index (χ0v) is 12.5. The van der Waals surface area contributed by atoms with Crippen molar-refractivity contribution in [1.29, 1.82) is 0 Å². The van der Waals surface area contributed by atoms with Crippen molar-refractivity contribution in [2.45, 2.75) is 18.7 Å². The average molecular weight is 309 g/mol. The predicted molar refractivity (Wildman–Crippen MR) is 80.3 cm³/mol. The van der Waals surface area contributed by atoms with Crippen molar-refractivity contribution < 1.29 is 12.8 Å². The van der Waals surface area contributed by atoms with Crippen molar-refractivity contribution >= 4 is 21.5 Å². The first-order valence-corrected chi connectivity index (χ1v) is 7.90. The van der Waals surface area contributed by atoms with E-state index in [1.807, 2.05) is 6.92 Å². The van der Waals surface area contributed by atoms with E-state index in [1.165, 1.54) is 24.4 Å². The lowest BCUT2D eigenvalue weighted by Crippen LogP contribution is -2.15. The summed E-state index contributed by atoms with van der Waals surface area (Å²) in [5.74, 6) is -0.0330. The molecule has 0 saturated heterocycles. The number of para-hydroxylation sites is 1. The number of nitrogens with zero attached hydrogens (tertiary/aromatic N) is 1. The van der Waals surface area contributed by atoms with Gasteiger partial charge in [0.1, 0.15) is 16.5 Å². The van der Waals surface area contributed by atoms with Gasteiger partial charge in [0.05, 0.1) is 5.69 Å². The number of hydrogen-bond acceptors (Lipinski definition) is 4. The van der Waals surface area contributed by atoms with Crippen molar-refractivity contribution in [3.8, 4) is 0 Å². The number of aryl methyl sites for hydroxylation is 1. The molecule has 5 nitrogen and oxygen atoms in total. The van der Waals surface area contributed by atoms with Crippen LogP contribution in [0.15, 0.2) is 41.4 Å². The van der Waals surface area contributed by atoms with Crippen molar-refractivity contribution in [2.24, 2.45) is 0 Å². The molecule has 21 heavy (non-hydrogen) atoms. The van der Waals surface area contributed by atoms with Gasteiger partial charge in [0.15, 0.2) is 0 Å². The molecule has 112 valence electrons. The number of benzene rings is 1. The van der Waals surface area contributed by atoms with E-state index in [4.69, 9.17) is 0 Å². The normalized spacial score (nSPS) is 11.2. The molecule has 2 aromatic rings. The molecular formula is C14H16FN3O2S. The standard InChI is InChI=1S/C14H16FN3O2S/c1-3-16-13-8-7-11(9-17-13)21(19,20)18-14-10(2)5-4-6-12(14)15/h4-9,18H,3H2,1-2H3,(H,16,17). The predicted octanol–water partition coefficient (Wildman–Crippen LogP) is 2.76. The number of nitrogens with one attached hydrogen (secondary N) is 2. The number of sulfonamides is 1. The molecule has 0 aliphatic heterocycles. The molecule has 0 radical (unpaired) electrons. The summed E-state index contributed by atoms with van der Waals surface area (Å²) < 4.78 is 40.4. The van der Waals surface area contributed by atoms with Gasteiger partial charge < -0.3 is 5.32 Å². The number of hydrogen-bond donors (Lipinski definition) is 2. The highest BCUT2D eigenvalue weighted by Crippen LogP contribution is 2.22. The van der Waals surface area contributed by atoms with E-state index in [0.717, 1.165) is 0 Å². The van der Waals surface area contributed by atoms with Gasteiger partial charge in [0, 0.05) is 12.7 Å². The summed E-state index contributed by atoms with van der Waals surface area (Å²) in [5, 5.41) is 2.97. The van der Waals surface area contributed by atoms with Crippen LogP contribution in [0, 0.1) is 12.7 Å². The molecule has 0 aliphatic rings. The second-order valence-corrected chi connectivity index (χ2v) is 6.13. The van der Waals surface area contributed by atoms with Crippen LogP contribution in [0.5, 0.6) is 0 Å². The van der Waals surface area contributed by atoms with Crippen molar-refractivity contribution in [1.82, 2.24) is 4.98 Å². The highest BCUT2D eigenvalue weighted by atomic mass is 32.2. The first-order chi connectivity index (χ1) is 9.94. The Labute approximate surface area is 123 Å². The van der Waals surface area contributed by atoms with Gasteiger partial charge in [0.25, 0.3) is 10.0 Å². The molecule has 0 fully saturated rings. The zero-order valence-electron chi connectivity index (χ0n) is 11.7. The third-order valence-electron chi connectivity index (χ3n) is 2.86. The van der Waals surface area contributed by atoms with Crippen LogP contribution in [0.1, 0.15) is 12.5 Å². The highest BCUT2D eigenvalue weighted by molar-refractivity contribution is 7.92. The van der Waals surface area contributed by atoms with Gasteiger partial charge in [0.2, 0.25) is 0 Å². The van der Waals surface area contributed by atoms with Gasteiger partial charge >= 0.3 is 0 Å². The first-order valence-electron chi connectivity index (χ1n) is 6.42. The minimum Gasteiger partial charge on any atom is -0.370 e. The minimum absolute atomic E-state index is 0.0215. The smallest absolute Gasteiger partial charge is 0.263 e. The van der Waals surface area contributed by atoms with Crippen LogP contribution < -0.4 is 10.0 Å². The molecule has 0 aliphatic carbocycles. The van der Waals surface area contributed by atoms with Crippen molar-refractivity contribution in [3.63, 3.8) is 0 Å². The number of pyridine rings is 1. The van der Waals surface area contributed by atoms with E-state index in [0.29, 0.717) is 17.9 Å². The van der Waals surface area contributed by atoms with Crippen LogP contribution >= 0.6 is 0 Å². The number of aromatic nitrogens is 1. The maximum Gasteiger partial charge on any atom is 0.263 e. The topological polar surface area (TPSA) is 71.1 Å². The number of halogens is 1. The summed E-state index contributed by atoms with van der Waals surface area (Å²) in [4.78, 5) is 3.98. The van der Waals surface area contributed by atoms with E-state index < -0.39 is 15.8 Å². The Hall–Kier alpha value is -2.15. The van der Waals surface area contributed by atoms with Crippen LogP contribution in [0.4, 0.5) is 15.9 Å². The molecule has 7 heteroatoms. The highest BCUT2D eigenvalue weighted by Gasteiger charge is 2.18. The van der Waals surface area contributed by atoms with E-state index in [1.54, 1.807) is 19.1 Å².